The molecule has 0 aromatic carbocycles. The molecular formula is C15H31IN4O3. The maximum atomic E-state index is 11.8. The van der Waals surface area contributed by atoms with E-state index in [0.29, 0.717) is 13.2 Å². The fraction of sp³-hybridized carbons (Fsp3) is 0.867. The second kappa shape index (κ2) is 10.9. The summed E-state index contributed by atoms with van der Waals surface area (Å²) < 4.78 is 10.6. The van der Waals surface area contributed by atoms with E-state index in [2.05, 4.69) is 20.5 Å². The molecule has 1 fully saturated rings. The fourth-order valence-corrected chi connectivity index (χ4v) is 2.26. The largest absolute Gasteiger partial charge is 0.444 e. The number of hydrogen-bond acceptors (Lipinski definition) is 4. The van der Waals surface area contributed by atoms with E-state index in [1.54, 1.807) is 7.05 Å². The molecule has 1 aliphatic heterocycles. The van der Waals surface area contributed by atoms with Gasteiger partial charge >= 0.3 is 6.09 Å². The number of guanidine groups is 1. The Bertz CT molecular complexity index is 385. The Labute approximate surface area is 156 Å². The van der Waals surface area contributed by atoms with Gasteiger partial charge in [0.15, 0.2) is 5.96 Å². The number of amides is 1. The summed E-state index contributed by atoms with van der Waals surface area (Å²) >= 11 is 0. The van der Waals surface area contributed by atoms with Crippen LogP contribution in [0.1, 0.15) is 34.1 Å². The highest BCUT2D eigenvalue weighted by Crippen LogP contribution is 2.11. The first-order valence-electron chi connectivity index (χ1n) is 7.88. The second-order valence-electron chi connectivity index (χ2n) is 6.25. The lowest BCUT2D eigenvalue weighted by Gasteiger charge is -2.23. The van der Waals surface area contributed by atoms with Crippen molar-refractivity contribution in [3.8, 4) is 0 Å². The van der Waals surface area contributed by atoms with Crippen molar-refractivity contribution in [1.82, 2.24) is 15.5 Å². The number of carbonyl (C=O) groups is 1. The number of halogens is 1. The Kier molecular flexibility index (Phi) is 10.5. The lowest BCUT2D eigenvalue weighted by Crippen LogP contribution is -2.44. The summed E-state index contributed by atoms with van der Waals surface area (Å²) in [5.41, 5.74) is -0.473. The quantitative estimate of drug-likeness (QED) is 0.294. The van der Waals surface area contributed by atoms with Crippen molar-refractivity contribution < 1.29 is 14.3 Å². The zero-order valence-electron chi connectivity index (χ0n) is 14.8. The summed E-state index contributed by atoms with van der Waals surface area (Å²) in [6, 6.07) is 0.0836. The number of ether oxygens (including phenoxy) is 2. The summed E-state index contributed by atoms with van der Waals surface area (Å²) in [4.78, 5) is 18.2. The molecular weight excluding hydrogens is 411 g/mol. The minimum Gasteiger partial charge on any atom is -0.444 e. The molecule has 0 bridgehead atoms. The third-order valence-corrected chi connectivity index (χ3v) is 3.15. The third kappa shape index (κ3) is 9.19. The molecule has 0 aliphatic carbocycles. The van der Waals surface area contributed by atoms with Crippen LogP contribution < -0.4 is 10.6 Å². The van der Waals surface area contributed by atoms with Crippen LogP contribution in [-0.2, 0) is 9.47 Å². The average Bonchev–Trinajstić information content (AvgIpc) is 2.85. The molecule has 0 aromatic heterocycles. The molecule has 0 radical (unpaired) electrons. The minimum absolute atomic E-state index is 0. The van der Waals surface area contributed by atoms with Gasteiger partial charge in [-0.3, -0.25) is 4.99 Å². The Morgan fingerprint density at radius 1 is 1.39 bits per heavy atom. The number of alkyl carbamates (subject to hydrolysis) is 1. The molecule has 2 N–H and O–H groups in total. The molecule has 136 valence electrons. The summed E-state index contributed by atoms with van der Waals surface area (Å²) in [7, 11) is 1.76. The monoisotopic (exact) mass is 442 g/mol. The van der Waals surface area contributed by atoms with Gasteiger partial charge < -0.3 is 25.0 Å². The van der Waals surface area contributed by atoms with Crippen molar-refractivity contribution in [3.05, 3.63) is 0 Å². The maximum Gasteiger partial charge on any atom is 0.407 e. The van der Waals surface area contributed by atoms with Gasteiger partial charge in [0.2, 0.25) is 0 Å². The number of nitrogens with zero attached hydrogens (tertiary/aromatic N) is 2. The van der Waals surface area contributed by atoms with Gasteiger partial charge in [0, 0.05) is 33.3 Å². The Morgan fingerprint density at radius 2 is 2.09 bits per heavy atom. The third-order valence-electron chi connectivity index (χ3n) is 3.15. The predicted molar refractivity (Wildman–Crippen MR) is 103 cm³/mol. The molecule has 23 heavy (non-hydrogen) atoms. The van der Waals surface area contributed by atoms with Crippen molar-refractivity contribution in [3.63, 3.8) is 0 Å². The Hall–Kier alpha value is -0.770. The topological polar surface area (TPSA) is 75.2 Å². The first kappa shape index (κ1) is 22.2. The van der Waals surface area contributed by atoms with E-state index in [1.807, 2.05) is 27.7 Å². The zero-order valence-corrected chi connectivity index (χ0v) is 17.2. The standard InChI is InChI=1S/C15H30N4O3.HI/c1-6-21-10-8-17-13(16-5)19-9-7-12(11-19)18-14(20)22-15(2,3)4;/h12H,6-11H2,1-5H3,(H,16,17)(H,18,20);1H. The first-order valence-corrected chi connectivity index (χ1v) is 7.88. The fourth-order valence-electron chi connectivity index (χ4n) is 2.26. The van der Waals surface area contributed by atoms with E-state index < -0.39 is 5.60 Å². The van der Waals surface area contributed by atoms with Crippen molar-refractivity contribution in [2.24, 2.45) is 4.99 Å². The van der Waals surface area contributed by atoms with Crippen LogP contribution in [0.15, 0.2) is 4.99 Å². The number of rotatable bonds is 5. The van der Waals surface area contributed by atoms with Gasteiger partial charge in [0.1, 0.15) is 5.60 Å². The number of carbonyl (C=O) groups excluding carboxylic acids is 1. The summed E-state index contributed by atoms with van der Waals surface area (Å²) in [6.45, 7) is 11.2. The second-order valence-corrected chi connectivity index (χ2v) is 6.25. The highest BCUT2D eigenvalue weighted by Gasteiger charge is 2.27. The van der Waals surface area contributed by atoms with Crippen LogP contribution in [0.2, 0.25) is 0 Å². The van der Waals surface area contributed by atoms with E-state index in [0.717, 1.165) is 32.0 Å². The van der Waals surface area contributed by atoms with E-state index in [-0.39, 0.29) is 36.1 Å². The smallest absolute Gasteiger partial charge is 0.407 e. The zero-order chi connectivity index (χ0) is 16.6. The summed E-state index contributed by atoms with van der Waals surface area (Å²) in [6.07, 6.45) is 0.518. The van der Waals surface area contributed by atoms with Gasteiger partial charge in [0.25, 0.3) is 0 Å². The number of hydrogen-bond donors (Lipinski definition) is 2. The van der Waals surface area contributed by atoms with Crippen LogP contribution in [0.4, 0.5) is 4.79 Å². The van der Waals surface area contributed by atoms with Gasteiger partial charge in [-0.15, -0.1) is 24.0 Å². The Balaban J connectivity index is 0.00000484. The molecule has 1 heterocycles. The normalized spacial score (nSPS) is 18.4. The lowest BCUT2D eigenvalue weighted by atomic mass is 10.2. The van der Waals surface area contributed by atoms with Crippen LogP contribution >= 0.6 is 24.0 Å². The molecule has 1 atom stereocenters. The lowest BCUT2D eigenvalue weighted by molar-refractivity contribution is 0.0507. The number of aliphatic imine (C=N–C) groups is 1. The molecule has 0 aromatic rings. The highest BCUT2D eigenvalue weighted by molar-refractivity contribution is 14.0. The maximum absolute atomic E-state index is 11.8. The molecule has 0 spiro atoms. The molecule has 1 amide bonds. The van der Waals surface area contributed by atoms with E-state index >= 15 is 0 Å². The van der Waals surface area contributed by atoms with E-state index in [4.69, 9.17) is 9.47 Å². The van der Waals surface area contributed by atoms with Crippen LogP contribution in [0.25, 0.3) is 0 Å². The van der Waals surface area contributed by atoms with Crippen molar-refractivity contribution in [1.29, 1.82) is 0 Å². The van der Waals surface area contributed by atoms with Crippen molar-refractivity contribution >= 4 is 36.0 Å². The minimum atomic E-state index is -0.473. The molecule has 1 aliphatic rings. The summed E-state index contributed by atoms with van der Waals surface area (Å²) in [5.74, 6) is 0.841. The van der Waals surface area contributed by atoms with Crippen LogP contribution in [0.3, 0.4) is 0 Å². The molecule has 7 nitrogen and oxygen atoms in total. The molecule has 1 unspecified atom stereocenters. The first-order chi connectivity index (χ1) is 10.4. The van der Waals surface area contributed by atoms with Crippen LogP contribution in [0.5, 0.6) is 0 Å². The van der Waals surface area contributed by atoms with Gasteiger partial charge in [-0.05, 0) is 34.1 Å². The molecule has 8 heteroatoms. The Morgan fingerprint density at radius 3 is 2.65 bits per heavy atom. The van der Waals surface area contributed by atoms with Crippen molar-refractivity contribution in [2.75, 3.05) is 39.9 Å². The predicted octanol–water partition coefficient (Wildman–Crippen LogP) is 1.82. The van der Waals surface area contributed by atoms with Crippen molar-refractivity contribution in [2.45, 2.75) is 45.8 Å². The van der Waals surface area contributed by atoms with E-state index in [1.165, 1.54) is 0 Å². The number of nitrogens with one attached hydrogen (secondary N) is 2. The summed E-state index contributed by atoms with van der Waals surface area (Å²) in [5, 5.41) is 6.18. The van der Waals surface area contributed by atoms with Gasteiger partial charge in [0.05, 0.1) is 12.6 Å². The molecule has 1 rings (SSSR count). The van der Waals surface area contributed by atoms with Gasteiger partial charge in [-0.25, -0.2) is 4.79 Å². The SMILES string of the molecule is CCOCCNC(=NC)N1CCC(NC(=O)OC(C)(C)C)C1.I. The van der Waals surface area contributed by atoms with Gasteiger partial charge in [-0.2, -0.15) is 0 Å². The van der Waals surface area contributed by atoms with Gasteiger partial charge in [-0.1, -0.05) is 0 Å². The molecule has 1 saturated heterocycles. The average molecular weight is 442 g/mol. The molecule has 0 saturated carbocycles. The van der Waals surface area contributed by atoms with E-state index in [9.17, 15) is 4.79 Å². The van der Waals surface area contributed by atoms with Crippen LogP contribution in [0, 0.1) is 0 Å². The highest BCUT2D eigenvalue weighted by atomic mass is 127. The van der Waals surface area contributed by atoms with Crippen LogP contribution in [-0.4, -0.2) is 68.5 Å². The number of likely N-dealkylation sites (tertiary alicyclic amines) is 1.